The van der Waals surface area contributed by atoms with Gasteiger partial charge in [-0.1, -0.05) is 18.2 Å². The van der Waals surface area contributed by atoms with Gasteiger partial charge >= 0.3 is 5.97 Å². The van der Waals surface area contributed by atoms with Gasteiger partial charge in [0.05, 0.1) is 5.69 Å². The third-order valence-electron chi connectivity index (χ3n) is 2.34. The molecular formula is C13H11NO4S. The van der Waals surface area contributed by atoms with Crippen molar-refractivity contribution in [3.8, 4) is 5.75 Å². The van der Waals surface area contributed by atoms with Gasteiger partial charge in [-0.2, -0.15) is 0 Å². The van der Waals surface area contributed by atoms with Gasteiger partial charge in [0.1, 0.15) is 10.6 Å². The molecule has 0 aliphatic rings. The SMILES string of the molecule is Cc1nc(C(=O)COc2ccccc2)sc1C(=O)O. The maximum atomic E-state index is 11.8. The van der Waals surface area contributed by atoms with Crippen molar-refractivity contribution < 1.29 is 19.4 Å². The van der Waals surface area contributed by atoms with Crippen LogP contribution in [0.4, 0.5) is 0 Å². The Morgan fingerprint density at radius 2 is 2.00 bits per heavy atom. The number of aromatic nitrogens is 1. The minimum Gasteiger partial charge on any atom is -0.485 e. The number of carbonyl (C=O) groups excluding carboxylic acids is 1. The molecule has 0 radical (unpaired) electrons. The number of aryl methyl sites for hydroxylation is 1. The van der Waals surface area contributed by atoms with E-state index in [4.69, 9.17) is 9.84 Å². The fourth-order valence-electron chi connectivity index (χ4n) is 1.44. The Morgan fingerprint density at radius 3 is 2.58 bits per heavy atom. The monoisotopic (exact) mass is 277 g/mol. The molecule has 0 unspecified atom stereocenters. The van der Waals surface area contributed by atoms with E-state index in [1.165, 1.54) is 0 Å². The average molecular weight is 277 g/mol. The number of para-hydroxylation sites is 1. The first-order chi connectivity index (χ1) is 9.08. The van der Waals surface area contributed by atoms with Crippen LogP contribution >= 0.6 is 11.3 Å². The molecule has 0 bridgehead atoms. The quantitative estimate of drug-likeness (QED) is 0.849. The van der Waals surface area contributed by atoms with Crippen molar-refractivity contribution in [2.75, 3.05) is 6.61 Å². The second-order valence-corrected chi connectivity index (χ2v) is 4.76. The molecule has 2 aromatic rings. The van der Waals surface area contributed by atoms with Gasteiger partial charge < -0.3 is 9.84 Å². The van der Waals surface area contributed by atoms with E-state index in [9.17, 15) is 9.59 Å². The summed E-state index contributed by atoms with van der Waals surface area (Å²) in [4.78, 5) is 26.7. The number of ketones is 1. The van der Waals surface area contributed by atoms with E-state index in [1.807, 2.05) is 6.07 Å². The molecule has 2 rings (SSSR count). The zero-order valence-electron chi connectivity index (χ0n) is 10.1. The highest BCUT2D eigenvalue weighted by atomic mass is 32.1. The van der Waals surface area contributed by atoms with Crippen LogP contribution in [0.25, 0.3) is 0 Å². The zero-order valence-corrected chi connectivity index (χ0v) is 10.9. The largest absolute Gasteiger partial charge is 0.485 e. The summed E-state index contributed by atoms with van der Waals surface area (Å²) < 4.78 is 5.30. The first-order valence-electron chi connectivity index (χ1n) is 5.49. The molecule has 0 aliphatic carbocycles. The van der Waals surface area contributed by atoms with Crippen LogP contribution in [0.1, 0.15) is 25.2 Å². The Kier molecular flexibility index (Phi) is 3.91. The lowest BCUT2D eigenvalue weighted by molar-refractivity contribution is 0.0701. The number of thiazole rings is 1. The smallest absolute Gasteiger partial charge is 0.347 e. The topological polar surface area (TPSA) is 76.5 Å². The first kappa shape index (κ1) is 13.2. The van der Waals surface area contributed by atoms with Gasteiger partial charge in [-0.3, -0.25) is 4.79 Å². The fraction of sp³-hybridized carbons (Fsp3) is 0.154. The van der Waals surface area contributed by atoms with Crippen LogP contribution < -0.4 is 4.74 Å². The maximum absolute atomic E-state index is 11.8. The number of carboxylic acid groups (broad SMARTS) is 1. The standard InChI is InChI=1S/C13H11NO4S/c1-8-11(13(16)17)19-12(14-8)10(15)7-18-9-5-3-2-4-6-9/h2-6H,7H2,1H3,(H,16,17). The van der Waals surface area contributed by atoms with Gasteiger partial charge in [-0.25, -0.2) is 9.78 Å². The number of ether oxygens (including phenoxy) is 1. The summed E-state index contributed by atoms with van der Waals surface area (Å²) in [6, 6.07) is 8.93. The molecule has 0 spiro atoms. The van der Waals surface area contributed by atoms with Crippen LogP contribution in [-0.4, -0.2) is 28.4 Å². The minimum atomic E-state index is -1.07. The molecule has 6 heteroatoms. The summed E-state index contributed by atoms with van der Waals surface area (Å²) in [6.07, 6.45) is 0. The summed E-state index contributed by atoms with van der Waals surface area (Å²) in [7, 11) is 0. The molecule has 1 aromatic heterocycles. The van der Waals surface area contributed by atoms with Crippen molar-refractivity contribution >= 4 is 23.1 Å². The third-order valence-corrected chi connectivity index (χ3v) is 3.53. The zero-order chi connectivity index (χ0) is 13.8. The molecule has 0 aliphatic heterocycles. The van der Waals surface area contributed by atoms with E-state index in [-0.39, 0.29) is 22.3 Å². The Balaban J connectivity index is 2.04. The van der Waals surface area contributed by atoms with Gasteiger partial charge in [0.15, 0.2) is 11.6 Å². The van der Waals surface area contributed by atoms with Gasteiger partial charge in [0, 0.05) is 0 Å². The highest BCUT2D eigenvalue weighted by molar-refractivity contribution is 7.15. The van der Waals surface area contributed by atoms with E-state index < -0.39 is 5.97 Å². The van der Waals surface area contributed by atoms with Crippen molar-refractivity contribution in [1.29, 1.82) is 0 Å². The minimum absolute atomic E-state index is 0.0862. The van der Waals surface area contributed by atoms with Crippen molar-refractivity contribution in [3.63, 3.8) is 0 Å². The molecule has 1 aromatic carbocycles. The predicted octanol–water partition coefficient (Wildman–Crippen LogP) is 2.41. The van der Waals surface area contributed by atoms with Crippen LogP contribution in [0.15, 0.2) is 30.3 Å². The Morgan fingerprint density at radius 1 is 1.32 bits per heavy atom. The normalized spacial score (nSPS) is 10.2. The van der Waals surface area contributed by atoms with Crippen LogP contribution in [0, 0.1) is 6.92 Å². The Labute approximate surface area is 113 Å². The number of rotatable bonds is 5. The van der Waals surface area contributed by atoms with Gasteiger partial charge in [-0.05, 0) is 19.1 Å². The van der Waals surface area contributed by atoms with Gasteiger partial charge in [0.2, 0.25) is 5.78 Å². The number of carbonyl (C=O) groups is 2. The molecule has 0 saturated heterocycles. The van der Waals surface area contributed by atoms with Crippen LogP contribution in [0.2, 0.25) is 0 Å². The van der Waals surface area contributed by atoms with E-state index in [0.717, 1.165) is 11.3 Å². The highest BCUT2D eigenvalue weighted by Crippen LogP contribution is 2.19. The molecule has 1 heterocycles. The molecule has 0 saturated carbocycles. The number of Topliss-reactive ketones (excluding diaryl/α,β-unsaturated/α-hetero) is 1. The lowest BCUT2D eigenvalue weighted by Gasteiger charge is -2.02. The fourth-order valence-corrected chi connectivity index (χ4v) is 2.27. The van der Waals surface area contributed by atoms with Crippen molar-refractivity contribution in [2.24, 2.45) is 0 Å². The predicted molar refractivity (Wildman–Crippen MR) is 70.1 cm³/mol. The van der Waals surface area contributed by atoms with Crippen molar-refractivity contribution in [1.82, 2.24) is 4.98 Å². The van der Waals surface area contributed by atoms with Crippen molar-refractivity contribution in [2.45, 2.75) is 6.92 Å². The molecule has 0 amide bonds. The summed E-state index contributed by atoms with van der Waals surface area (Å²) in [6.45, 7) is 1.41. The van der Waals surface area contributed by atoms with E-state index in [2.05, 4.69) is 4.98 Å². The summed E-state index contributed by atoms with van der Waals surface area (Å²) in [5, 5.41) is 9.05. The lowest BCUT2D eigenvalue weighted by atomic mass is 10.3. The lowest BCUT2D eigenvalue weighted by Crippen LogP contribution is -2.11. The molecule has 1 N–H and O–H groups in total. The number of aromatic carboxylic acids is 1. The molecular weight excluding hydrogens is 266 g/mol. The Hall–Kier alpha value is -2.21. The van der Waals surface area contributed by atoms with Crippen molar-refractivity contribution in [3.05, 3.63) is 45.9 Å². The van der Waals surface area contributed by atoms with Gasteiger partial charge in [-0.15, -0.1) is 11.3 Å². The van der Waals surface area contributed by atoms with Gasteiger partial charge in [0.25, 0.3) is 0 Å². The number of carboxylic acids is 1. The van der Waals surface area contributed by atoms with E-state index in [1.54, 1.807) is 31.2 Å². The highest BCUT2D eigenvalue weighted by Gasteiger charge is 2.18. The number of benzene rings is 1. The number of nitrogens with zero attached hydrogens (tertiary/aromatic N) is 1. The first-order valence-corrected chi connectivity index (χ1v) is 6.31. The van der Waals surface area contributed by atoms with E-state index >= 15 is 0 Å². The third kappa shape index (κ3) is 3.17. The molecule has 0 fully saturated rings. The van der Waals surface area contributed by atoms with E-state index in [0.29, 0.717) is 11.4 Å². The molecule has 5 nitrogen and oxygen atoms in total. The average Bonchev–Trinajstić information content (AvgIpc) is 2.79. The second kappa shape index (κ2) is 5.62. The molecule has 98 valence electrons. The number of hydrogen-bond donors (Lipinski definition) is 1. The summed E-state index contributed by atoms with van der Waals surface area (Å²) in [5.41, 5.74) is 0.348. The maximum Gasteiger partial charge on any atom is 0.347 e. The molecule has 0 atom stereocenters. The van der Waals surface area contributed by atoms with Crippen LogP contribution in [0.3, 0.4) is 0 Å². The second-order valence-electron chi connectivity index (χ2n) is 3.76. The Bertz CT molecular complexity index is 606. The summed E-state index contributed by atoms with van der Waals surface area (Å²) >= 11 is 0.871. The van der Waals surface area contributed by atoms with Crippen LogP contribution in [0.5, 0.6) is 5.75 Å². The van der Waals surface area contributed by atoms with Crippen LogP contribution in [-0.2, 0) is 0 Å². The molecule has 19 heavy (non-hydrogen) atoms. The summed E-state index contributed by atoms with van der Waals surface area (Å²) in [5.74, 6) is -0.815. The number of hydrogen-bond acceptors (Lipinski definition) is 5.